The zero-order valence-electron chi connectivity index (χ0n) is 13.5. The summed E-state index contributed by atoms with van der Waals surface area (Å²) >= 11 is 1.55. The summed E-state index contributed by atoms with van der Waals surface area (Å²) in [6, 6.07) is 3.72. The molecule has 22 heavy (non-hydrogen) atoms. The lowest BCUT2D eigenvalue weighted by Crippen LogP contribution is -2.10. The van der Waals surface area contributed by atoms with Gasteiger partial charge in [0, 0.05) is 6.42 Å². The molecule has 1 aromatic heterocycles. The minimum atomic E-state index is 0.0325. The first-order chi connectivity index (χ1) is 10.7. The second-order valence-electron chi connectivity index (χ2n) is 4.54. The quantitative estimate of drug-likeness (QED) is 0.721. The maximum Gasteiger partial charge on any atom is 0.232 e. The summed E-state index contributed by atoms with van der Waals surface area (Å²) in [4.78, 5) is 16.9. The van der Waals surface area contributed by atoms with Crippen LogP contribution in [0.5, 0.6) is 11.5 Å². The number of hydrogen-bond acceptors (Lipinski definition) is 5. The highest BCUT2D eigenvalue weighted by atomic mass is 32.2. The van der Waals surface area contributed by atoms with Crippen LogP contribution in [0.2, 0.25) is 0 Å². The van der Waals surface area contributed by atoms with Gasteiger partial charge in [-0.2, -0.15) is 0 Å². The van der Waals surface area contributed by atoms with Crippen LogP contribution >= 0.6 is 11.8 Å². The molecule has 0 atom stereocenters. The average molecular weight is 322 g/mol. The van der Waals surface area contributed by atoms with E-state index in [1.54, 1.807) is 16.3 Å². The molecule has 6 heteroatoms. The number of carbonyl (C=O) groups is 1. The molecule has 0 N–H and O–H groups in total. The number of carbonyl (C=O) groups excluding carboxylic acids is 1. The van der Waals surface area contributed by atoms with E-state index in [0.29, 0.717) is 41.8 Å². The van der Waals surface area contributed by atoms with E-state index in [4.69, 9.17) is 9.47 Å². The van der Waals surface area contributed by atoms with Gasteiger partial charge in [-0.1, -0.05) is 25.6 Å². The first-order valence-corrected chi connectivity index (χ1v) is 8.63. The van der Waals surface area contributed by atoms with Crippen LogP contribution in [0.4, 0.5) is 0 Å². The molecule has 0 fully saturated rings. The number of ether oxygens (including phenoxy) is 2. The molecule has 2 aromatic rings. The number of rotatable bonds is 7. The standard InChI is InChI=1S/C16H22N2O3S/c1-5-13(19)18-11-9-10-12(20-6-2)15(21-7-3)14(11)17-16(18)22-8-4/h9-10H,5-8H2,1-4H3. The summed E-state index contributed by atoms with van der Waals surface area (Å²) in [6.45, 7) is 8.81. The van der Waals surface area contributed by atoms with Gasteiger partial charge in [-0.25, -0.2) is 4.98 Å². The van der Waals surface area contributed by atoms with E-state index in [1.165, 1.54) is 0 Å². The Bertz CT molecular complexity index is 667. The zero-order valence-corrected chi connectivity index (χ0v) is 14.3. The summed E-state index contributed by atoms with van der Waals surface area (Å²) in [7, 11) is 0. The molecule has 2 rings (SSSR count). The fourth-order valence-corrected chi connectivity index (χ4v) is 3.00. The third-order valence-electron chi connectivity index (χ3n) is 3.13. The highest BCUT2D eigenvalue weighted by Crippen LogP contribution is 2.37. The van der Waals surface area contributed by atoms with Crippen LogP contribution in [-0.4, -0.2) is 34.4 Å². The third-order valence-corrected chi connectivity index (χ3v) is 3.95. The minimum Gasteiger partial charge on any atom is -0.490 e. The van der Waals surface area contributed by atoms with Crippen molar-refractivity contribution in [1.82, 2.24) is 9.55 Å². The van der Waals surface area contributed by atoms with Gasteiger partial charge in [0.1, 0.15) is 5.52 Å². The van der Waals surface area contributed by atoms with Gasteiger partial charge in [0.05, 0.1) is 18.7 Å². The number of nitrogens with zero attached hydrogens (tertiary/aromatic N) is 2. The fraction of sp³-hybridized carbons (Fsp3) is 0.500. The molecule has 120 valence electrons. The van der Waals surface area contributed by atoms with Crippen molar-refractivity contribution >= 4 is 28.7 Å². The fourth-order valence-electron chi connectivity index (χ4n) is 2.26. The van der Waals surface area contributed by atoms with E-state index >= 15 is 0 Å². The molecule has 0 spiro atoms. The smallest absolute Gasteiger partial charge is 0.232 e. The van der Waals surface area contributed by atoms with Crippen molar-refractivity contribution in [2.24, 2.45) is 0 Å². The summed E-state index contributed by atoms with van der Waals surface area (Å²) in [5, 5.41) is 0.707. The summed E-state index contributed by atoms with van der Waals surface area (Å²) in [5.41, 5.74) is 1.46. The molecule has 0 bridgehead atoms. The van der Waals surface area contributed by atoms with Gasteiger partial charge in [-0.15, -0.1) is 0 Å². The molecule has 1 heterocycles. The molecule has 1 aromatic carbocycles. The van der Waals surface area contributed by atoms with Gasteiger partial charge in [-0.3, -0.25) is 9.36 Å². The van der Waals surface area contributed by atoms with E-state index in [1.807, 2.05) is 39.8 Å². The molecule has 0 aliphatic rings. The number of aromatic nitrogens is 2. The predicted molar refractivity (Wildman–Crippen MR) is 89.4 cm³/mol. The van der Waals surface area contributed by atoms with Crippen molar-refractivity contribution in [2.45, 2.75) is 39.3 Å². The van der Waals surface area contributed by atoms with Crippen molar-refractivity contribution in [3.05, 3.63) is 12.1 Å². The Balaban J connectivity index is 2.70. The van der Waals surface area contributed by atoms with Gasteiger partial charge >= 0.3 is 0 Å². The second-order valence-corrected chi connectivity index (χ2v) is 5.77. The maximum absolute atomic E-state index is 12.3. The Hall–Kier alpha value is -1.69. The number of fused-ring (bicyclic) bond motifs is 1. The topological polar surface area (TPSA) is 53.4 Å². The molecule has 0 saturated heterocycles. The van der Waals surface area contributed by atoms with Crippen molar-refractivity contribution in [3.8, 4) is 11.5 Å². The lowest BCUT2D eigenvalue weighted by Gasteiger charge is -2.11. The highest BCUT2D eigenvalue weighted by Gasteiger charge is 2.21. The summed E-state index contributed by atoms with van der Waals surface area (Å²) in [5.74, 6) is 2.16. The first kappa shape index (κ1) is 16.7. The van der Waals surface area contributed by atoms with Crippen molar-refractivity contribution < 1.29 is 14.3 Å². The number of thioether (sulfide) groups is 1. The van der Waals surface area contributed by atoms with Crippen LogP contribution in [0.15, 0.2) is 17.3 Å². The molecule has 0 saturated carbocycles. The van der Waals surface area contributed by atoms with Crippen LogP contribution in [0.1, 0.15) is 38.9 Å². The minimum absolute atomic E-state index is 0.0325. The van der Waals surface area contributed by atoms with Gasteiger partial charge in [0.2, 0.25) is 5.91 Å². The molecule has 0 unspecified atom stereocenters. The maximum atomic E-state index is 12.3. The molecule has 0 aliphatic heterocycles. The molecule has 0 radical (unpaired) electrons. The monoisotopic (exact) mass is 322 g/mol. The summed E-state index contributed by atoms with van der Waals surface area (Å²) < 4.78 is 13.1. The molecule has 0 amide bonds. The van der Waals surface area contributed by atoms with Crippen LogP contribution in [-0.2, 0) is 0 Å². The predicted octanol–water partition coefficient (Wildman–Crippen LogP) is 4.00. The van der Waals surface area contributed by atoms with E-state index in [-0.39, 0.29) is 5.91 Å². The number of imidazole rings is 1. The largest absolute Gasteiger partial charge is 0.490 e. The van der Waals surface area contributed by atoms with E-state index in [9.17, 15) is 4.79 Å². The first-order valence-electron chi connectivity index (χ1n) is 7.64. The van der Waals surface area contributed by atoms with Crippen LogP contribution in [0, 0.1) is 0 Å². The number of benzene rings is 1. The molecular weight excluding hydrogens is 300 g/mol. The Morgan fingerprint density at radius 2 is 1.91 bits per heavy atom. The highest BCUT2D eigenvalue weighted by molar-refractivity contribution is 7.99. The lowest BCUT2D eigenvalue weighted by molar-refractivity contribution is 0.0903. The van der Waals surface area contributed by atoms with Gasteiger partial charge in [0.25, 0.3) is 0 Å². The van der Waals surface area contributed by atoms with Crippen molar-refractivity contribution in [3.63, 3.8) is 0 Å². The van der Waals surface area contributed by atoms with Crippen molar-refractivity contribution in [1.29, 1.82) is 0 Å². The van der Waals surface area contributed by atoms with Gasteiger partial charge < -0.3 is 9.47 Å². The zero-order chi connectivity index (χ0) is 16.1. The van der Waals surface area contributed by atoms with Crippen molar-refractivity contribution in [2.75, 3.05) is 19.0 Å². The Kier molecular flexibility index (Phi) is 5.71. The molecule has 0 aliphatic carbocycles. The lowest BCUT2D eigenvalue weighted by atomic mass is 10.2. The SMILES string of the molecule is CCOc1ccc2c(nc(SCC)n2C(=O)CC)c1OCC. The van der Waals surface area contributed by atoms with E-state index < -0.39 is 0 Å². The second kappa shape index (κ2) is 7.54. The molecular formula is C16H22N2O3S. The Morgan fingerprint density at radius 3 is 2.50 bits per heavy atom. The third kappa shape index (κ3) is 3.06. The van der Waals surface area contributed by atoms with E-state index in [0.717, 1.165) is 11.3 Å². The van der Waals surface area contributed by atoms with Crippen LogP contribution < -0.4 is 9.47 Å². The molecule has 5 nitrogen and oxygen atoms in total. The van der Waals surface area contributed by atoms with Gasteiger partial charge in [-0.05, 0) is 31.7 Å². The van der Waals surface area contributed by atoms with Crippen LogP contribution in [0.3, 0.4) is 0 Å². The Morgan fingerprint density at radius 1 is 1.18 bits per heavy atom. The van der Waals surface area contributed by atoms with E-state index in [2.05, 4.69) is 4.98 Å². The van der Waals surface area contributed by atoms with Gasteiger partial charge in [0.15, 0.2) is 16.7 Å². The normalized spacial score (nSPS) is 10.9. The Labute approximate surface area is 135 Å². The van der Waals surface area contributed by atoms with Crippen LogP contribution in [0.25, 0.3) is 11.0 Å². The summed E-state index contributed by atoms with van der Waals surface area (Å²) in [6.07, 6.45) is 0.430. The number of hydrogen-bond donors (Lipinski definition) is 0. The average Bonchev–Trinajstić information content (AvgIpc) is 2.88.